The molecule has 0 rings (SSSR count). The summed E-state index contributed by atoms with van der Waals surface area (Å²) in [4.78, 5) is 0. The minimum atomic E-state index is 0.839. The van der Waals surface area contributed by atoms with E-state index < -0.39 is 0 Å². The van der Waals surface area contributed by atoms with Crippen LogP contribution in [-0.4, -0.2) is 0 Å². The van der Waals surface area contributed by atoms with Gasteiger partial charge in [-0.05, 0) is 32.4 Å². The van der Waals surface area contributed by atoms with Gasteiger partial charge in [-0.25, -0.2) is 0 Å². The van der Waals surface area contributed by atoms with Crippen LogP contribution in [0, 0.1) is 11.8 Å². The lowest BCUT2D eigenvalue weighted by molar-refractivity contribution is 1.56. The second-order valence-corrected chi connectivity index (χ2v) is 2.52. The van der Waals surface area contributed by atoms with Crippen molar-refractivity contribution in [2.24, 2.45) is 0 Å². The van der Waals surface area contributed by atoms with E-state index in [0.29, 0.717) is 0 Å². The molecule has 0 spiro atoms. The summed E-state index contributed by atoms with van der Waals surface area (Å²) in [6, 6.07) is 0. The highest BCUT2D eigenvalue weighted by molar-refractivity contribution is 5.40. The zero-order chi connectivity index (χ0) is 10.1. The van der Waals surface area contributed by atoms with Gasteiger partial charge in [-0.15, -0.1) is 5.92 Å². The molecule has 0 nitrogen and oxygen atoms in total. The van der Waals surface area contributed by atoms with Crippen molar-refractivity contribution in [2.45, 2.75) is 20.8 Å². The first-order valence-corrected chi connectivity index (χ1v) is 4.33. The van der Waals surface area contributed by atoms with E-state index in [-0.39, 0.29) is 0 Å². The predicted octanol–water partition coefficient (Wildman–Crippen LogP) is 3.64. The quantitative estimate of drug-likeness (QED) is 0.450. The van der Waals surface area contributed by atoms with Crippen LogP contribution in [0.4, 0.5) is 0 Å². The molecule has 0 aromatic carbocycles. The van der Waals surface area contributed by atoms with Crippen LogP contribution in [0.5, 0.6) is 0 Å². The Balaban J connectivity index is 4.38. The summed E-state index contributed by atoms with van der Waals surface area (Å²) in [6.07, 6.45) is 10.0. The van der Waals surface area contributed by atoms with E-state index in [1.165, 1.54) is 5.57 Å². The SMILES string of the molecule is C=C(C#CC)/C=C\C(=CC)/C=C/C. The maximum absolute atomic E-state index is 3.80. The molecule has 0 bridgehead atoms. The van der Waals surface area contributed by atoms with E-state index in [4.69, 9.17) is 0 Å². The van der Waals surface area contributed by atoms with E-state index in [1.54, 1.807) is 0 Å². The molecule has 0 aliphatic rings. The Kier molecular flexibility index (Phi) is 6.37. The summed E-state index contributed by atoms with van der Waals surface area (Å²) >= 11 is 0. The minimum absolute atomic E-state index is 0.839. The molecule has 0 amide bonds. The second-order valence-electron chi connectivity index (χ2n) is 2.52. The van der Waals surface area contributed by atoms with Gasteiger partial charge in [0, 0.05) is 5.57 Å². The van der Waals surface area contributed by atoms with Gasteiger partial charge in [0.15, 0.2) is 0 Å². The molecule has 0 N–H and O–H groups in total. The highest BCUT2D eigenvalue weighted by Crippen LogP contribution is 2.01. The molecule has 0 aliphatic carbocycles. The van der Waals surface area contributed by atoms with Crippen LogP contribution in [0.25, 0.3) is 0 Å². The van der Waals surface area contributed by atoms with Crippen LogP contribution in [0.2, 0.25) is 0 Å². The van der Waals surface area contributed by atoms with Crippen molar-refractivity contribution in [3.05, 3.63) is 48.1 Å². The second kappa shape index (κ2) is 7.18. The molecule has 0 radical (unpaired) electrons. The van der Waals surface area contributed by atoms with Crippen molar-refractivity contribution in [1.29, 1.82) is 0 Å². The maximum Gasteiger partial charge on any atom is 0.0173 e. The summed E-state index contributed by atoms with van der Waals surface area (Å²) in [5, 5.41) is 0. The van der Waals surface area contributed by atoms with Gasteiger partial charge >= 0.3 is 0 Å². The van der Waals surface area contributed by atoms with Crippen LogP contribution < -0.4 is 0 Å². The van der Waals surface area contributed by atoms with Crippen molar-refractivity contribution in [1.82, 2.24) is 0 Å². The summed E-state index contributed by atoms with van der Waals surface area (Å²) < 4.78 is 0. The van der Waals surface area contributed by atoms with E-state index in [9.17, 15) is 0 Å². The Morgan fingerprint density at radius 3 is 2.31 bits per heavy atom. The molecule has 0 heteroatoms. The van der Waals surface area contributed by atoms with Crippen LogP contribution in [0.3, 0.4) is 0 Å². The summed E-state index contributed by atoms with van der Waals surface area (Å²) in [7, 11) is 0. The van der Waals surface area contributed by atoms with Gasteiger partial charge in [-0.3, -0.25) is 0 Å². The Morgan fingerprint density at radius 2 is 1.85 bits per heavy atom. The van der Waals surface area contributed by atoms with Crippen molar-refractivity contribution >= 4 is 0 Å². The summed E-state index contributed by atoms with van der Waals surface area (Å²) in [5.74, 6) is 5.69. The molecule has 68 valence electrons. The molecule has 0 unspecified atom stereocenters. The van der Waals surface area contributed by atoms with Crippen LogP contribution in [0.15, 0.2) is 48.1 Å². The molecule has 0 heterocycles. The molecule has 0 fully saturated rings. The first-order chi connectivity index (χ1) is 6.24. The van der Waals surface area contributed by atoms with E-state index in [1.807, 2.05) is 51.2 Å². The van der Waals surface area contributed by atoms with Crippen molar-refractivity contribution in [3.63, 3.8) is 0 Å². The average Bonchev–Trinajstić information content (AvgIpc) is 2.12. The van der Waals surface area contributed by atoms with Crippen molar-refractivity contribution < 1.29 is 0 Å². The third-order valence-corrected chi connectivity index (χ3v) is 1.45. The largest absolute Gasteiger partial charge is 0.101 e. The first kappa shape index (κ1) is 11.5. The fourth-order valence-corrected chi connectivity index (χ4v) is 0.839. The van der Waals surface area contributed by atoms with Gasteiger partial charge in [0.1, 0.15) is 0 Å². The fraction of sp³-hybridized carbons (Fsp3) is 0.231. The Bertz CT molecular complexity index is 301. The smallest absolute Gasteiger partial charge is 0.0173 e. The van der Waals surface area contributed by atoms with Gasteiger partial charge in [-0.2, -0.15) is 0 Å². The normalized spacial score (nSPS) is 11.8. The van der Waals surface area contributed by atoms with E-state index in [0.717, 1.165) is 5.57 Å². The number of hydrogen-bond donors (Lipinski definition) is 0. The topological polar surface area (TPSA) is 0 Å². The molecule has 13 heavy (non-hydrogen) atoms. The lowest BCUT2D eigenvalue weighted by atomic mass is 10.2. The van der Waals surface area contributed by atoms with E-state index >= 15 is 0 Å². The number of rotatable bonds is 3. The summed E-state index contributed by atoms with van der Waals surface area (Å²) in [5.41, 5.74) is 2.01. The third kappa shape index (κ3) is 5.75. The summed E-state index contributed by atoms with van der Waals surface area (Å²) in [6.45, 7) is 9.61. The maximum atomic E-state index is 3.80. The number of hydrogen-bond acceptors (Lipinski definition) is 0. The lowest BCUT2D eigenvalue weighted by Gasteiger charge is -1.90. The Morgan fingerprint density at radius 1 is 1.15 bits per heavy atom. The molecule has 0 aromatic rings. The molecule has 0 saturated heterocycles. The third-order valence-electron chi connectivity index (χ3n) is 1.45. The number of allylic oxidation sites excluding steroid dienone is 7. The Labute approximate surface area is 81.4 Å². The predicted molar refractivity (Wildman–Crippen MR) is 60.3 cm³/mol. The van der Waals surface area contributed by atoms with Crippen LogP contribution >= 0.6 is 0 Å². The molecule has 0 atom stereocenters. The van der Waals surface area contributed by atoms with E-state index in [2.05, 4.69) is 18.4 Å². The monoisotopic (exact) mass is 172 g/mol. The zero-order valence-corrected chi connectivity index (χ0v) is 8.59. The molecular weight excluding hydrogens is 156 g/mol. The minimum Gasteiger partial charge on any atom is -0.101 e. The van der Waals surface area contributed by atoms with Gasteiger partial charge in [-0.1, -0.05) is 36.8 Å². The van der Waals surface area contributed by atoms with Crippen molar-refractivity contribution in [2.75, 3.05) is 0 Å². The average molecular weight is 172 g/mol. The van der Waals surface area contributed by atoms with Gasteiger partial charge in [0.2, 0.25) is 0 Å². The Hall–Kier alpha value is -1.48. The van der Waals surface area contributed by atoms with Gasteiger partial charge in [0.05, 0.1) is 0 Å². The van der Waals surface area contributed by atoms with Crippen molar-refractivity contribution in [3.8, 4) is 11.8 Å². The van der Waals surface area contributed by atoms with Crippen LogP contribution in [0.1, 0.15) is 20.8 Å². The molecular formula is C13H16. The van der Waals surface area contributed by atoms with Gasteiger partial charge in [0.25, 0.3) is 0 Å². The first-order valence-electron chi connectivity index (χ1n) is 4.33. The molecule has 0 aromatic heterocycles. The van der Waals surface area contributed by atoms with Gasteiger partial charge < -0.3 is 0 Å². The highest BCUT2D eigenvalue weighted by atomic mass is 13.9. The van der Waals surface area contributed by atoms with Crippen LogP contribution in [-0.2, 0) is 0 Å². The molecule has 0 saturated carbocycles. The fourth-order valence-electron chi connectivity index (χ4n) is 0.839. The highest BCUT2D eigenvalue weighted by Gasteiger charge is 1.82. The standard InChI is InChI=1S/C13H16/c1-5-8-12(4)10-11-13(7-3)9-6-2/h6-7,9-11H,4H2,1-3H3/b9-6+,11-10-,13-7?. The zero-order valence-electron chi connectivity index (χ0n) is 8.59. The molecule has 0 aliphatic heterocycles. The lowest BCUT2D eigenvalue weighted by Crippen LogP contribution is -1.71.